The minimum atomic E-state index is -0.341. The van der Waals surface area contributed by atoms with Gasteiger partial charge in [-0.25, -0.2) is 9.37 Å². The summed E-state index contributed by atoms with van der Waals surface area (Å²) in [7, 11) is 3.96. The average molecular weight is 465 g/mol. The monoisotopic (exact) mass is 464 g/mol. The second-order valence-electron chi connectivity index (χ2n) is 7.76. The van der Waals surface area contributed by atoms with E-state index in [0.717, 1.165) is 28.3 Å². The number of allylic oxidation sites excluding steroid dienone is 2. The van der Waals surface area contributed by atoms with Crippen molar-refractivity contribution in [2.45, 2.75) is 27.2 Å². The number of hydrogen-bond donors (Lipinski definition) is 2. The molecule has 0 atom stereocenters. The Bertz CT molecular complexity index is 1160. The first-order chi connectivity index (χ1) is 15.8. The maximum Gasteiger partial charge on any atom is 0.274 e. The highest BCUT2D eigenvalue weighted by Gasteiger charge is 2.21. The van der Waals surface area contributed by atoms with Gasteiger partial charge in [0.1, 0.15) is 23.0 Å². The molecule has 7 heteroatoms. The van der Waals surface area contributed by atoms with Gasteiger partial charge in [-0.15, -0.1) is 0 Å². The average Bonchev–Trinajstić information content (AvgIpc) is 3.27. The van der Waals surface area contributed by atoms with Crippen molar-refractivity contribution in [2.24, 2.45) is 0 Å². The van der Waals surface area contributed by atoms with E-state index in [1.165, 1.54) is 23.9 Å². The van der Waals surface area contributed by atoms with Crippen molar-refractivity contribution in [2.75, 3.05) is 19.0 Å². The standard InChI is InChI=1S/C26H29FN4OS/c1-6-16-33-26(17(3)7-2)30-25(32)23-22(18-8-12-20(27)13-9-18)28-24(29-23)19-10-14-21(15-11-19)31(4)5/h6,8-16H,7H2,1-5H3,(H,28,29)(H,30,32)/b16-6-,26-17?. The molecule has 1 aromatic heterocycles. The largest absolute Gasteiger partial charge is 0.378 e. The molecule has 0 saturated carbocycles. The van der Waals surface area contributed by atoms with Crippen molar-refractivity contribution in [3.8, 4) is 22.6 Å². The molecule has 2 aromatic carbocycles. The quantitative estimate of drug-likeness (QED) is 0.395. The molecule has 2 N–H and O–H groups in total. The van der Waals surface area contributed by atoms with Crippen LogP contribution >= 0.6 is 11.8 Å². The van der Waals surface area contributed by atoms with E-state index in [9.17, 15) is 9.18 Å². The molecule has 0 spiro atoms. The van der Waals surface area contributed by atoms with Crippen molar-refractivity contribution < 1.29 is 9.18 Å². The van der Waals surface area contributed by atoms with E-state index in [0.29, 0.717) is 22.8 Å². The number of hydrogen-bond acceptors (Lipinski definition) is 4. The van der Waals surface area contributed by atoms with Gasteiger partial charge in [0.05, 0.1) is 5.03 Å². The van der Waals surface area contributed by atoms with E-state index in [1.807, 2.05) is 75.5 Å². The fraction of sp³-hybridized carbons (Fsp3) is 0.231. The lowest BCUT2D eigenvalue weighted by Gasteiger charge is -2.12. The molecule has 0 aliphatic carbocycles. The summed E-state index contributed by atoms with van der Waals surface area (Å²) in [5.41, 5.74) is 4.46. The molecule has 0 aliphatic heterocycles. The van der Waals surface area contributed by atoms with Crippen LogP contribution in [0.1, 0.15) is 37.7 Å². The molecule has 5 nitrogen and oxygen atoms in total. The van der Waals surface area contributed by atoms with E-state index in [-0.39, 0.29) is 11.7 Å². The van der Waals surface area contributed by atoms with Crippen LogP contribution in [0.2, 0.25) is 0 Å². The first-order valence-corrected chi connectivity index (χ1v) is 11.6. The zero-order chi connectivity index (χ0) is 24.0. The molecule has 3 aromatic rings. The van der Waals surface area contributed by atoms with Crippen LogP contribution in [-0.4, -0.2) is 30.0 Å². The van der Waals surface area contributed by atoms with Crippen molar-refractivity contribution in [3.05, 3.63) is 82.1 Å². The van der Waals surface area contributed by atoms with Gasteiger partial charge in [-0.3, -0.25) is 4.79 Å². The topological polar surface area (TPSA) is 61.0 Å². The molecule has 33 heavy (non-hydrogen) atoms. The van der Waals surface area contributed by atoms with Crippen LogP contribution in [0.4, 0.5) is 10.1 Å². The fourth-order valence-electron chi connectivity index (χ4n) is 3.11. The Balaban J connectivity index is 2.04. The summed E-state index contributed by atoms with van der Waals surface area (Å²) >= 11 is 1.47. The van der Waals surface area contributed by atoms with Crippen LogP contribution in [0.25, 0.3) is 22.6 Å². The van der Waals surface area contributed by atoms with Crippen molar-refractivity contribution in [1.82, 2.24) is 15.3 Å². The van der Waals surface area contributed by atoms with Gasteiger partial charge in [0, 0.05) is 30.9 Å². The second kappa shape index (κ2) is 11.0. The predicted octanol–water partition coefficient (Wildman–Crippen LogP) is 6.59. The molecule has 0 unspecified atom stereocenters. The van der Waals surface area contributed by atoms with Crippen molar-refractivity contribution >= 4 is 23.4 Å². The first kappa shape index (κ1) is 24.3. The number of benzene rings is 2. The van der Waals surface area contributed by atoms with E-state index in [1.54, 1.807) is 12.1 Å². The molecular weight excluding hydrogens is 435 g/mol. The Hall–Kier alpha value is -3.32. The summed E-state index contributed by atoms with van der Waals surface area (Å²) in [5, 5.41) is 5.75. The predicted molar refractivity (Wildman–Crippen MR) is 137 cm³/mol. The molecular formula is C26H29FN4OS. The van der Waals surface area contributed by atoms with Crippen LogP contribution in [-0.2, 0) is 0 Å². The second-order valence-corrected chi connectivity index (χ2v) is 8.68. The van der Waals surface area contributed by atoms with Crippen molar-refractivity contribution in [1.29, 1.82) is 0 Å². The molecule has 3 rings (SSSR count). The van der Waals surface area contributed by atoms with Gasteiger partial charge in [0.25, 0.3) is 5.91 Å². The minimum absolute atomic E-state index is 0.294. The fourth-order valence-corrected chi connectivity index (χ4v) is 3.88. The molecule has 0 fully saturated rings. The summed E-state index contributed by atoms with van der Waals surface area (Å²) in [6, 6.07) is 13.9. The number of aromatic amines is 1. The summed E-state index contributed by atoms with van der Waals surface area (Å²) in [4.78, 5) is 23.3. The van der Waals surface area contributed by atoms with Crippen LogP contribution in [0, 0.1) is 5.82 Å². The molecule has 0 radical (unpaired) electrons. The number of nitrogens with zero attached hydrogens (tertiary/aromatic N) is 2. The van der Waals surface area contributed by atoms with Gasteiger partial charge in [-0.05, 0) is 79.8 Å². The zero-order valence-corrected chi connectivity index (χ0v) is 20.4. The van der Waals surface area contributed by atoms with Gasteiger partial charge in [-0.2, -0.15) is 0 Å². The molecule has 0 bridgehead atoms. The Morgan fingerprint density at radius 1 is 1.12 bits per heavy atom. The highest BCUT2D eigenvalue weighted by molar-refractivity contribution is 8.05. The van der Waals surface area contributed by atoms with Gasteiger partial charge in [-0.1, -0.05) is 24.8 Å². The summed E-state index contributed by atoms with van der Waals surface area (Å²) in [5.74, 6) is -0.0623. The Morgan fingerprint density at radius 3 is 2.33 bits per heavy atom. The summed E-state index contributed by atoms with van der Waals surface area (Å²) in [6.45, 7) is 5.98. The number of carbonyl (C=O) groups is 1. The maximum absolute atomic E-state index is 13.5. The molecule has 1 heterocycles. The maximum atomic E-state index is 13.5. The highest BCUT2D eigenvalue weighted by Crippen LogP contribution is 2.29. The normalized spacial score (nSPS) is 12.1. The highest BCUT2D eigenvalue weighted by atomic mass is 32.2. The Labute approximate surface area is 198 Å². The van der Waals surface area contributed by atoms with E-state index in [2.05, 4.69) is 10.3 Å². The number of carbonyl (C=O) groups excluding carboxylic acids is 1. The van der Waals surface area contributed by atoms with Crippen LogP contribution in [0.3, 0.4) is 0 Å². The van der Waals surface area contributed by atoms with Gasteiger partial charge in [0.2, 0.25) is 0 Å². The Morgan fingerprint density at radius 2 is 1.76 bits per heavy atom. The number of aromatic nitrogens is 2. The third-order valence-electron chi connectivity index (χ3n) is 5.17. The number of anilines is 1. The van der Waals surface area contributed by atoms with Crippen LogP contribution < -0.4 is 10.2 Å². The summed E-state index contributed by atoms with van der Waals surface area (Å²) in [6.07, 6.45) is 2.74. The lowest BCUT2D eigenvalue weighted by atomic mass is 10.1. The molecule has 172 valence electrons. The number of thioether (sulfide) groups is 1. The zero-order valence-electron chi connectivity index (χ0n) is 19.6. The molecule has 0 aliphatic rings. The number of amides is 1. The third kappa shape index (κ3) is 5.93. The lowest BCUT2D eigenvalue weighted by molar-refractivity contribution is 0.0964. The first-order valence-electron chi connectivity index (χ1n) is 10.8. The SMILES string of the molecule is C/C=C\SC(NC(=O)c1[nH]c(-c2ccc(N(C)C)cc2)nc1-c1ccc(F)cc1)=C(C)CC. The summed E-state index contributed by atoms with van der Waals surface area (Å²) < 4.78 is 13.5. The molecule has 0 saturated heterocycles. The van der Waals surface area contributed by atoms with E-state index in [4.69, 9.17) is 4.98 Å². The van der Waals surface area contributed by atoms with Crippen LogP contribution in [0.5, 0.6) is 0 Å². The number of halogens is 1. The van der Waals surface area contributed by atoms with E-state index < -0.39 is 0 Å². The Kier molecular flexibility index (Phi) is 8.11. The van der Waals surface area contributed by atoms with Gasteiger partial charge >= 0.3 is 0 Å². The number of H-pyrrole nitrogens is 1. The van der Waals surface area contributed by atoms with E-state index >= 15 is 0 Å². The minimum Gasteiger partial charge on any atom is -0.378 e. The van der Waals surface area contributed by atoms with Crippen molar-refractivity contribution in [3.63, 3.8) is 0 Å². The number of rotatable bonds is 8. The lowest BCUT2D eigenvalue weighted by Crippen LogP contribution is -2.23. The number of nitrogens with one attached hydrogen (secondary N) is 2. The van der Waals surface area contributed by atoms with Gasteiger partial charge in [0.15, 0.2) is 0 Å². The third-order valence-corrected chi connectivity index (χ3v) is 6.27. The smallest absolute Gasteiger partial charge is 0.274 e. The van der Waals surface area contributed by atoms with Gasteiger partial charge < -0.3 is 15.2 Å². The van der Waals surface area contributed by atoms with Crippen LogP contribution in [0.15, 0.2) is 70.6 Å². The number of imidazole rings is 1. The molecule has 1 amide bonds.